The van der Waals surface area contributed by atoms with E-state index in [-0.39, 0.29) is 17.7 Å². The maximum Gasteiger partial charge on any atom is 0.228 e. The number of aromatic nitrogens is 2. The second-order valence-corrected chi connectivity index (χ2v) is 6.88. The van der Waals surface area contributed by atoms with Crippen LogP contribution in [0.4, 0.5) is 5.69 Å². The van der Waals surface area contributed by atoms with Crippen LogP contribution >= 0.6 is 0 Å². The molecule has 4 rings (SSSR count). The van der Waals surface area contributed by atoms with Crippen LogP contribution in [-0.2, 0) is 9.59 Å². The van der Waals surface area contributed by atoms with Crippen molar-refractivity contribution in [1.82, 2.24) is 15.1 Å². The molecule has 2 fully saturated rings. The van der Waals surface area contributed by atoms with Gasteiger partial charge in [-0.1, -0.05) is 18.2 Å². The number of carbonyl (C=O) groups excluding carboxylic acids is 2. The first kappa shape index (κ1) is 15.9. The Labute approximate surface area is 146 Å². The van der Waals surface area contributed by atoms with Crippen LogP contribution in [0.1, 0.15) is 30.9 Å². The zero-order valence-corrected chi connectivity index (χ0v) is 14.1. The molecular weight excluding hydrogens is 316 g/mol. The number of likely N-dealkylation sites (tertiary alicyclic amines) is 1. The Morgan fingerprint density at radius 3 is 2.76 bits per heavy atom. The van der Waals surface area contributed by atoms with Gasteiger partial charge in [-0.25, -0.2) is 0 Å². The fraction of sp³-hybridized carbons (Fsp3) is 0.421. The summed E-state index contributed by atoms with van der Waals surface area (Å²) in [4.78, 5) is 29.0. The molecule has 2 aromatic rings. The number of rotatable bonds is 3. The molecule has 0 saturated carbocycles. The summed E-state index contributed by atoms with van der Waals surface area (Å²) in [5, 5.41) is 7.04. The monoisotopic (exact) mass is 338 g/mol. The highest BCUT2D eigenvalue weighted by Gasteiger charge is 2.38. The molecule has 6 nitrogen and oxygen atoms in total. The predicted molar refractivity (Wildman–Crippen MR) is 94.0 cm³/mol. The number of hydrogen-bond donors (Lipinski definition) is 1. The third kappa shape index (κ3) is 3.16. The van der Waals surface area contributed by atoms with Crippen molar-refractivity contribution < 1.29 is 9.59 Å². The first-order valence-corrected chi connectivity index (χ1v) is 8.86. The van der Waals surface area contributed by atoms with Crippen molar-refractivity contribution in [3.8, 4) is 0 Å². The van der Waals surface area contributed by atoms with Gasteiger partial charge >= 0.3 is 0 Å². The largest absolute Gasteiger partial charge is 0.342 e. The molecule has 2 atom stereocenters. The van der Waals surface area contributed by atoms with E-state index in [1.54, 1.807) is 11.1 Å². The Morgan fingerprint density at radius 2 is 2.00 bits per heavy atom. The summed E-state index contributed by atoms with van der Waals surface area (Å²) >= 11 is 0. The number of nitrogens with zero attached hydrogens (tertiary/aromatic N) is 3. The Balaban J connectivity index is 1.43. The van der Waals surface area contributed by atoms with E-state index in [9.17, 15) is 9.59 Å². The van der Waals surface area contributed by atoms with Crippen molar-refractivity contribution in [1.29, 1.82) is 0 Å². The van der Waals surface area contributed by atoms with Gasteiger partial charge in [0.15, 0.2) is 0 Å². The molecule has 1 aromatic carbocycles. The molecule has 2 aliphatic rings. The SMILES string of the molecule is O=C([C@H]1CC(=O)N(c2ccccc2)C1)N1CCC[C@H](c2ccn[nH]2)C1. The molecule has 0 radical (unpaired) electrons. The van der Waals surface area contributed by atoms with Crippen LogP contribution in [0.15, 0.2) is 42.6 Å². The molecule has 25 heavy (non-hydrogen) atoms. The first-order valence-electron chi connectivity index (χ1n) is 8.86. The lowest BCUT2D eigenvalue weighted by molar-refractivity contribution is -0.137. The average Bonchev–Trinajstić information content (AvgIpc) is 3.32. The number of piperidine rings is 1. The van der Waals surface area contributed by atoms with Crippen LogP contribution in [0.25, 0.3) is 0 Å². The van der Waals surface area contributed by atoms with Gasteiger partial charge in [-0.2, -0.15) is 5.10 Å². The van der Waals surface area contributed by atoms with E-state index >= 15 is 0 Å². The predicted octanol–water partition coefficient (Wildman–Crippen LogP) is 2.17. The number of para-hydroxylation sites is 1. The molecule has 0 bridgehead atoms. The van der Waals surface area contributed by atoms with Crippen LogP contribution < -0.4 is 4.90 Å². The zero-order valence-electron chi connectivity index (χ0n) is 14.1. The summed E-state index contributed by atoms with van der Waals surface area (Å²) in [5.74, 6) is 0.207. The fourth-order valence-electron chi connectivity index (χ4n) is 3.91. The number of hydrogen-bond acceptors (Lipinski definition) is 3. The zero-order chi connectivity index (χ0) is 17.2. The third-order valence-electron chi connectivity index (χ3n) is 5.24. The summed E-state index contributed by atoms with van der Waals surface area (Å²) in [6, 6.07) is 11.6. The number of aromatic amines is 1. The highest BCUT2D eigenvalue weighted by Crippen LogP contribution is 2.30. The highest BCUT2D eigenvalue weighted by atomic mass is 16.2. The minimum atomic E-state index is -0.242. The molecule has 2 saturated heterocycles. The summed E-state index contributed by atoms with van der Waals surface area (Å²) in [7, 11) is 0. The Bertz CT molecular complexity index is 744. The molecule has 130 valence electrons. The second-order valence-electron chi connectivity index (χ2n) is 6.88. The number of H-pyrrole nitrogens is 1. The quantitative estimate of drug-likeness (QED) is 0.932. The molecule has 0 unspecified atom stereocenters. The Hall–Kier alpha value is -2.63. The smallest absolute Gasteiger partial charge is 0.228 e. The van der Waals surface area contributed by atoms with Gasteiger partial charge in [0.05, 0.1) is 5.92 Å². The maximum atomic E-state index is 13.0. The molecular formula is C19H22N4O2. The average molecular weight is 338 g/mol. The Morgan fingerprint density at radius 1 is 1.16 bits per heavy atom. The summed E-state index contributed by atoms with van der Waals surface area (Å²) in [6.45, 7) is 1.96. The van der Waals surface area contributed by atoms with E-state index in [0.29, 0.717) is 25.4 Å². The molecule has 2 amide bonds. The van der Waals surface area contributed by atoms with Crippen LogP contribution in [0.3, 0.4) is 0 Å². The summed E-state index contributed by atoms with van der Waals surface area (Å²) < 4.78 is 0. The van der Waals surface area contributed by atoms with Gasteiger partial charge in [0.1, 0.15) is 0 Å². The lowest BCUT2D eigenvalue weighted by Gasteiger charge is -2.33. The van der Waals surface area contributed by atoms with E-state index in [4.69, 9.17) is 0 Å². The number of anilines is 1. The van der Waals surface area contributed by atoms with Crippen molar-refractivity contribution in [2.24, 2.45) is 5.92 Å². The van der Waals surface area contributed by atoms with Gasteiger partial charge in [-0.3, -0.25) is 14.7 Å². The molecule has 1 N–H and O–H groups in total. The standard InChI is InChI=1S/C19H22N4O2/c24-18-11-15(13-23(18)16-6-2-1-3-7-16)19(25)22-10-4-5-14(12-22)17-8-9-20-21-17/h1-3,6-9,14-15H,4-5,10-13H2,(H,20,21)/t14-,15-/m0/s1. The van der Waals surface area contributed by atoms with Gasteiger partial charge in [0, 0.05) is 49.6 Å². The minimum absolute atomic E-state index is 0.0340. The number of nitrogens with one attached hydrogen (secondary N) is 1. The second kappa shape index (κ2) is 6.70. The maximum absolute atomic E-state index is 13.0. The number of amides is 2. The molecule has 2 aliphatic heterocycles. The summed E-state index contributed by atoms with van der Waals surface area (Å²) in [6.07, 6.45) is 4.10. The van der Waals surface area contributed by atoms with Gasteiger partial charge < -0.3 is 9.80 Å². The van der Waals surface area contributed by atoms with Crippen LogP contribution in [0.2, 0.25) is 0 Å². The van der Waals surface area contributed by atoms with Crippen LogP contribution in [0, 0.1) is 5.92 Å². The first-order chi connectivity index (χ1) is 12.2. The minimum Gasteiger partial charge on any atom is -0.342 e. The third-order valence-corrected chi connectivity index (χ3v) is 5.24. The molecule has 3 heterocycles. The van der Waals surface area contributed by atoms with Crippen molar-refractivity contribution >= 4 is 17.5 Å². The van der Waals surface area contributed by atoms with E-state index < -0.39 is 0 Å². The van der Waals surface area contributed by atoms with Gasteiger partial charge in [-0.15, -0.1) is 0 Å². The van der Waals surface area contributed by atoms with Crippen molar-refractivity contribution in [3.05, 3.63) is 48.3 Å². The Kier molecular flexibility index (Phi) is 4.26. The van der Waals surface area contributed by atoms with E-state index in [0.717, 1.165) is 30.8 Å². The van der Waals surface area contributed by atoms with Crippen LogP contribution in [-0.4, -0.2) is 46.5 Å². The fourth-order valence-corrected chi connectivity index (χ4v) is 3.91. The highest BCUT2D eigenvalue weighted by molar-refractivity contribution is 6.00. The van der Waals surface area contributed by atoms with Crippen LogP contribution in [0.5, 0.6) is 0 Å². The summed E-state index contributed by atoms with van der Waals surface area (Å²) in [5.41, 5.74) is 1.96. The van der Waals surface area contributed by atoms with E-state index in [1.165, 1.54) is 0 Å². The lowest BCUT2D eigenvalue weighted by atomic mass is 9.93. The molecule has 6 heteroatoms. The molecule has 1 aromatic heterocycles. The van der Waals surface area contributed by atoms with Gasteiger partial charge in [0.25, 0.3) is 0 Å². The lowest BCUT2D eigenvalue weighted by Crippen LogP contribution is -2.43. The van der Waals surface area contributed by atoms with Gasteiger partial charge in [-0.05, 0) is 31.0 Å². The normalized spacial score (nSPS) is 23.9. The van der Waals surface area contributed by atoms with Crippen molar-refractivity contribution in [2.45, 2.75) is 25.2 Å². The van der Waals surface area contributed by atoms with Crippen molar-refractivity contribution in [2.75, 3.05) is 24.5 Å². The number of carbonyl (C=O) groups is 2. The van der Waals surface area contributed by atoms with Gasteiger partial charge in [0.2, 0.25) is 11.8 Å². The van der Waals surface area contributed by atoms with Crippen molar-refractivity contribution in [3.63, 3.8) is 0 Å². The van der Waals surface area contributed by atoms with E-state index in [2.05, 4.69) is 10.2 Å². The van der Waals surface area contributed by atoms with E-state index in [1.807, 2.05) is 41.3 Å². The molecule has 0 spiro atoms. The topological polar surface area (TPSA) is 69.3 Å². The molecule has 0 aliphatic carbocycles. The number of benzene rings is 1.